The van der Waals surface area contributed by atoms with E-state index in [0.29, 0.717) is 9.39 Å². The van der Waals surface area contributed by atoms with Crippen LogP contribution in [0.5, 0.6) is 0 Å². The summed E-state index contributed by atoms with van der Waals surface area (Å²) in [7, 11) is 1.67. The Morgan fingerprint density at radius 1 is 1.45 bits per heavy atom. The van der Waals surface area contributed by atoms with E-state index in [-0.39, 0.29) is 0 Å². The van der Waals surface area contributed by atoms with E-state index in [0.717, 1.165) is 0 Å². The Morgan fingerprint density at radius 2 is 2.00 bits per heavy atom. The van der Waals surface area contributed by atoms with Gasteiger partial charge in [-0.1, -0.05) is 40.0 Å². The summed E-state index contributed by atoms with van der Waals surface area (Å²) in [6.07, 6.45) is 0. The summed E-state index contributed by atoms with van der Waals surface area (Å²) >= 11 is 18.9. The van der Waals surface area contributed by atoms with Gasteiger partial charge in [-0.05, 0) is 22.6 Å². The maximum absolute atomic E-state index is 5.64. The minimum absolute atomic E-state index is 0.489. The zero-order valence-corrected chi connectivity index (χ0v) is 9.78. The van der Waals surface area contributed by atoms with E-state index in [1.54, 1.807) is 7.05 Å². The van der Waals surface area contributed by atoms with Crippen molar-refractivity contribution in [2.75, 3.05) is 0 Å². The number of halogens is 4. The van der Waals surface area contributed by atoms with E-state index in [4.69, 9.17) is 34.8 Å². The third-order valence-corrected chi connectivity index (χ3v) is 2.32. The average Bonchev–Trinajstić information content (AvgIpc) is 2.08. The third-order valence-electron chi connectivity index (χ3n) is 1.05. The van der Waals surface area contributed by atoms with Gasteiger partial charge >= 0.3 is 0 Å². The van der Waals surface area contributed by atoms with Crippen LogP contribution in [0, 0.1) is 3.70 Å². The molecular weight excluding hydrogens is 323 g/mol. The van der Waals surface area contributed by atoms with Crippen LogP contribution < -0.4 is 0 Å². The fourth-order valence-electron chi connectivity index (χ4n) is 0.632. The van der Waals surface area contributed by atoms with E-state index < -0.39 is 3.79 Å². The standard InChI is InChI=1S/C4H3Cl3IN3/c1-11-2(4(5,6)7)3(8)9-10-11/h1H3. The number of nitrogens with zero attached hydrogens (tertiary/aromatic N) is 3. The predicted molar refractivity (Wildman–Crippen MR) is 53.0 cm³/mol. The van der Waals surface area contributed by atoms with Gasteiger partial charge in [-0.2, -0.15) is 0 Å². The molecule has 62 valence electrons. The minimum Gasteiger partial charge on any atom is -0.247 e. The fourth-order valence-corrected chi connectivity index (χ4v) is 2.60. The summed E-state index contributed by atoms with van der Waals surface area (Å²) in [5.41, 5.74) is 0.489. The highest BCUT2D eigenvalue weighted by Crippen LogP contribution is 2.39. The molecule has 3 nitrogen and oxygen atoms in total. The third kappa shape index (κ3) is 2.11. The fraction of sp³-hybridized carbons (Fsp3) is 0.500. The second-order valence-electron chi connectivity index (χ2n) is 1.85. The molecule has 0 bridgehead atoms. The first-order chi connectivity index (χ1) is 4.93. The molecule has 0 atom stereocenters. The number of aromatic nitrogens is 3. The van der Waals surface area contributed by atoms with Crippen LogP contribution in [0.25, 0.3) is 0 Å². The smallest absolute Gasteiger partial charge is 0.234 e. The van der Waals surface area contributed by atoms with Crippen LogP contribution in [-0.2, 0) is 10.8 Å². The quantitative estimate of drug-likeness (QED) is 0.541. The molecule has 0 saturated carbocycles. The first-order valence-corrected chi connectivity index (χ1v) is 4.76. The lowest BCUT2D eigenvalue weighted by molar-refractivity contribution is 0.684. The second kappa shape index (κ2) is 3.24. The first kappa shape index (κ1) is 9.83. The van der Waals surface area contributed by atoms with Gasteiger partial charge in [0.1, 0.15) is 5.69 Å². The van der Waals surface area contributed by atoms with Crippen LogP contribution in [0.3, 0.4) is 0 Å². The molecule has 1 aromatic rings. The minimum atomic E-state index is -1.45. The van der Waals surface area contributed by atoms with Crippen molar-refractivity contribution < 1.29 is 0 Å². The lowest BCUT2D eigenvalue weighted by atomic mass is 10.5. The summed E-state index contributed by atoms with van der Waals surface area (Å²) in [6.45, 7) is 0. The van der Waals surface area contributed by atoms with Crippen LogP contribution >= 0.6 is 57.4 Å². The average molecular weight is 326 g/mol. The highest BCUT2D eigenvalue weighted by Gasteiger charge is 2.30. The molecule has 1 aromatic heterocycles. The Balaban J connectivity index is 3.21. The van der Waals surface area contributed by atoms with Crippen molar-refractivity contribution in [1.29, 1.82) is 0 Å². The molecule has 0 amide bonds. The molecule has 0 spiro atoms. The molecule has 0 aromatic carbocycles. The maximum atomic E-state index is 5.64. The van der Waals surface area contributed by atoms with Gasteiger partial charge in [0.05, 0.1) is 0 Å². The van der Waals surface area contributed by atoms with Crippen LogP contribution in [0.15, 0.2) is 0 Å². The molecule has 0 aliphatic heterocycles. The highest BCUT2D eigenvalue weighted by molar-refractivity contribution is 14.1. The van der Waals surface area contributed by atoms with E-state index in [1.165, 1.54) is 4.68 Å². The van der Waals surface area contributed by atoms with Crippen LogP contribution in [0.2, 0.25) is 0 Å². The van der Waals surface area contributed by atoms with Gasteiger partial charge in [0.25, 0.3) is 0 Å². The van der Waals surface area contributed by atoms with E-state index in [2.05, 4.69) is 10.3 Å². The van der Waals surface area contributed by atoms with Crippen LogP contribution in [-0.4, -0.2) is 15.0 Å². The predicted octanol–water partition coefficient (Wildman–Crippen LogP) is 2.25. The Hall–Kier alpha value is 0.740. The SMILES string of the molecule is Cn1nnc(I)c1C(Cl)(Cl)Cl. The molecule has 0 unspecified atom stereocenters. The van der Waals surface area contributed by atoms with Crippen molar-refractivity contribution in [3.8, 4) is 0 Å². The van der Waals surface area contributed by atoms with Gasteiger partial charge in [0, 0.05) is 7.05 Å². The van der Waals surface area contributed by atoms with E-state index in [9.17, 15) is 0 Å². The lowest BCUT2D eigenvalue weighted by Gasteiger charge is -2.09. The van der Waals surface area contributed by atoms with E-state index in [1.807, 2.05) is 22.6 Å². The molecular formula is C4H3Cl3IN3. The number of hydrogen-bond donors (Lipinski definition) is 0. The summed E-state index contributed by atoms with van der Waals surface area (Å²) in [4.78, 5) is 0. The molecule has 0 aliphatic rings. The number of aryl methyl sites for hydroxylation is 1. The largest absolute Gasteiger partial charge is 0.247 e. The Morgan fingerprint density at radius 3 is 2.18 bits per heavy atom. The zero-order chi connectivity index (χ0) is 8.65. The summed E-state index contributed by atoms with van der Waals surface area (Å²) in [6, 6.07) is 0. The summed E-state index contributed by atoms with van der Waals surface area (Å²) in [5.74, 6) is 0. The molecule has 11 heavy (non-hydrogen) atoms. The van der Waals surface area contributed by atoms with Crippen molar-refractivity contribution in [2.24, 2.45) is 7.05 Å². The molecule has 0 fully saturated rings. The molecule has 0 radical (unpaired) electrons. The molecule has 7 heteroatoms. The monoisotopic (exact) mass is 325 g/mol. The molecule has 0 N–H and O–H groups in total. The number of rotatable bonds is 0. The Labute approximate surface area is 92.1 Å². The summed E-state index contributed by atoms with van der Waals surface area (Å²) in [5, 5.41) is 7.42. The highest BCUT2D eigenvalue weighted by atomic mass is 127. The molecule has 0 saturated heterocycles. The van der Waals surface area contributed by atoms with Gasteiger partial charge in [-0.15, -0.1) is 5.10 Å². The lowest BCUT2D eigenvalue weighted by Crippen LogP contribution is -2.09. The maximum Gasteiger partial charge on any atom is 0.234 e. The van der Waals surface area contributed by atoms with Gasteiger partial charge in [0.2, 0.25) is 3.79 Å². The number of hydrogen-bond acceptors (Lipinski definition) is 2. The van der Waals surface area contributed by atoms with E-state index >= 15 is 0 Å². The topological polar surface area (TPSA) is 30.7 Å². The molecule has 1 heterocycles. The molecule has 0 aliphatic carbocycles. The van der Waals surface area contributed by atoms with Crippen LogP contribution in [0.1, 0.15) is 5.69 Å². The van der Waals surface area contributed by atoms with Crippen molar-refractivity contribution >= 4 is 57.4 Å². The first-order valence-electron chi connectivity index (χ1n) is 2.55. The van der Waals surface area contributed by atoms with Gasteiger partial charge in [-0.3, -0.25) is 0 Å². The van der Waals surface area contributed by atoms with Crippen molar-refractivity contribution in [2.45, 2.75) is 3.79 Å². The summed E-state index contributed by atoms with van der Waals surface area (Å²) < 4.78 is 0.592. The van der Waals surface area contributed by atoms with Crippen LogP contribution in [0.4, 0.5) is 0 Å². The van der Waals surface area contributed by atoms with Gasteiger partial charge in [-0.25, -0.2) is 4.68 Å². The van der Waals surface area contributed by atoms with Crippen molar-refractivity contribution in [3.05, 3.63) is 9.39 Å². The normalized spacial score (nSPS) is 12.1. The van der Waals surface area contributed by atoms with Gasteiger partial charge in [0.15, 0.2) is 3.70 Å². The van der Waals surface area contributed by atoms with Gasteiger partial charge < -0.3 is 0 Å². The Kier molecular flexibility index (Phi) is 2.89. The zero-order valence-electron chi connectivity index (χ0n) is 5.35. The molecule has 1 rings (SSSR count). The number of alkyl halides is 3. The Bertz CT molecular complexity index is 247. The van der Waals surface area contributed by atoms with Crippen molar-refractivity contribution in [3.63, 3.8) is 0 Å². The second-order valence-corrected chi connectivity index (χ2v) is 5.15. The van der Waals surface area contributed by atoms with Crippen molar-refractivity contribution in [1.82, 2.24) is 15.0 Å².